The molecule has 2 heteroatoms. The zero-order chi connectivity index (χ0) is 12.0. The van der Waals surface area contributed by atoms with Crippen LogP contribution in [0.3, 0.4) is 0 Å². The minimum atomic E-state index is -0.0198. The smallest absolute Gasteiger partial charge is 0.0801 e. The SMILES string of the molecule is CC.CC1(C)CN(c2ccccc2)CCO1. The van der Waals surface area contributed by atoms with Crippen molar-refractivity contribution in [2.45, 2.75) is 33.3 Å². The van der Waals surface area contributed by atoms with Crippen LogP contribution in [0.25, 0.3) is 0 Å². The van der Waals surface area contributed by atoms with Gasteiger partial charge in [-0.05, 0) is 26.0 Å². The van der Waals surface area contributed by atoms with Crippen molar-refractivity contribution < 1.29 is 4.74 Å². The number of rotatable bonds is 1. The summed E-state index contributed by atoms with van der Waals surface area (Å²) in [7, 11) is 0. The van der Waals surface area contributed by atoms with Crippen molar-refractivity contribution in [3.05, 3.63) is 30.3 Å². The molecule has 0 aromatic heterocycles. The van der Waals surface area contributed by atoms with Gasteiger partial charge in [0.05, 0.1) is 12.2 Å². The summed E-state index contributed by atoms with van der Waals surface area (Å²) in [6.45, 7) is 11.1. The number of hydrogen-bond acceptors (Lipinski definition) is 2. The Labute approximate surface area is 99.2 Å². The van der Waals surface area contributed by atoms with E-state index in [9.17, 15) is 0 Å². The fourth-order valence-electron chi connectivity index (χ4n) is 1.88. The highest BCUT2D eigenvalue weighted by molar-refractivity contribution is 5.46. The first kappa shape index (κ1) is 13.0. The molecule has 0 saturated carbocycles. The number of morpholine rings is 1. The van der Waals surface area contributed by atoms with Crippen molar-refractivity contribution in [3.8, 4) is 0 Å². The number of para-hydroxylation sites is 1. The van der Waals surface area contributed by atoms with Crippen LogP contribution in [0.15, 0.2) is 30.3 Å². The molecule has 2 nitrogen and oxygen atoms in total. The second-order valence-electron chi connectivity index (χ2n) is 4.37. The number of hydrogen-bond donors (Lipinski definition) is 0. The summed E-state index contributed by atoms with van der Waals surface area (Å²) >= 11 is 0. The number of anilines is 1. The molecule has 0 spiro atoms. The van der Waals surface area contributed by atoms with Gasteiger partial charge in [0.15, 0.2) is 0 Å². The van der Waals surface area contributed by atoms with Gasteiger partial charge >= 0.3 is 0 Å². The predicted molar refractivity (Wildman–Crippen MR) is 70.0 cm³/mol. The van der Waals surface area contributed by atoms with E-state index in [0.29, 0.717) is 0 Å². The summed E-state index contributed by atoms with van der Waals surface area (Å²) in [5.74, 6) is 0. The first-order valence-corrected chi connectivity index (χ1v) is 6.11. The molecular formula is C14H23NO. The third-order valence-electron chi connectivity index (χ3n) is 2.55. The molecular weight excluding hydrogens is 198 g/mol. The van der Waals surface area contributed by atoms with Crippen LogP contribution in [0, 0.1) is 0 Å². The van der Waals surface area contributed by atoms with Crippen molar-refractivity contribution in [2.75, 3.05) is 24.6 Å². The maximum absolute atomic E-state index is 5.68. The Morgan fingerprint density at radius 2 is 1.75 bits per heavy atom. The van der Waals surface area contributed by atoms with Crippen LogP contribution in [0.5, 0.6) is 0 Å². The quantitative estimate of drug-likeness (QED) is 0.721. The third kappa shape index (κ3) is 3.53. The van der Waals surface area contributed by atoms with Gasteiger partial charge in [-0.3, -0.25) is 0 Å². The van der Waals surface area contributed by atoms with Crippen molar-refractivity contribution in [3.63, 3.8) is 0 Å². The lowest BCUT2D eigenvalue weighted by molar-refractivity contribution is -0.0276. The van der Waals surface area contributed by atoms with E-state index in [1.807, 2.05) is 13.8 Å². The minimum absolute atomic E-state index is 0.0198. The Balaban J connectivity index is 0.000000606. The van der Waals surface area contributed by atoms with Crippen molar-refractivity contribution in [2.24, 2.45) is 0 Å². The van der Waals surface area contributed by atoms with Crippen LogP contribution in [0.4, 0.5) is 5.69 Å². The van der Waals surface area contributed by atoms with Gasteiger partial charge < -0.3 is 9.64 Å². The zero-order valence-electron chi connectivity index (χ0n) is 10.9. The van der Waals surface area contributed by atoms with Gasteiger partial charge in [0.2, 0.25) is 0 Å². The van der Waals surface area contributed by atoms with Crippen molar-refractivity contribution in [1.82, 2.24) is 0 Å². The monoisotopic (exact) mass is 221 g/mol. The van der Waals surface area contributed by atoms with Gasteiger partial charge in [-0.1, -0.05) is 32.0 Å². The first-order chi connectivity index (χ1) is 7.67. The maximum atomic E-state index is 5.68. The lowest BCUT2D eigenvalue weighted by Gasteiger charge is -2.39. The molecule has 1 heterocycles. The van der Waals surface area contributed by atoms with E-state index in [1.165, 1.54) is 5.69 Å². The van der Waals surface area contributed by atoms with Gasteiger partial charge in [-0.25, -0.2) is 0 Å². The number of benzene rings is 1. The molecule has 90 valence electrons. The van der Waals surface area contributed by atoms with E-state index in [0.717, 1.165) is 19.7 Å². The molecule has 0 amide bonds. The molecule has 0 unspecified atom stereocenters. The van der Waals surface area contributed by atoms with Crippen molar-refractivity contribution in [1.29, 1.82) is 0 Å². The summed E-state index contributed by atoms with van der Waals surface area (Å²) in [6.07, 6.45) is 0. The Morgan fingerprint density at radius 3 is 2.31 bits per heavy atom. The highest BCUT2D eigenvalue weighted by Gasteiger charge is 2.26. The van der Waals surface area contributed by atoms with E-state index in [2.05, 4.69) is 49.1 Å². The minimum Gasteiger partial charge on any atom is -0.372 e. The van der Waals surface area contributed by atoms with E-state index < -0.39 is 0 Å². The average Bonchev–Trinajstić information content (AvgIpc) is 2.32. The average molecular weight is 221 g/mol. The predicted octanol–water partition coefficient (Wildman–Crippen LogP) is 3.33. The lowest BCUT2D eigenvalue weighted by Crippen LogP contribution is -2.48. The Bertz CT molecular complexity index is 295. The molecule has 1 aromatic carbocycles. The number of nitrogens with zero attached hydrogens (tertiary/aromatic N) is 1. The van der Waals surface area contributed by atoms with Gasteiger partial charge in [-0.15, -0.1) is 0 Å². The molecule has 0 atom stereocenters. The van der Waals surface area contributed by atoms with Crippen molar-refractivity contribution >= 4 is 5.69 Å². The molecule has 1 aromatic rings. The standard InChI is InChI=1S/C12H17NO.C2H6/c1-12(2)10-13(8-9-14-12)11-6-4-3-5-7-11;1-2/h3-7H,8-10H2,1-2H3;1-2H3. The summed E-state index contributed by atoms with van der Waals surface area (Å²) in [4.78, 5) is 2.38. The van der Waals surface area contributed by atoms with Gasteiger partial charge in [-0.2, -0.15) is 0 Å². The maximum Gasteiger partial charge on any atom is 0.0801 e. The Morgan fingerprint density at radius 1 is 1.12 bits per heavy atom. The highest BCUT2D eigenvalue weighted by atomic mass is 16.5. The normalized spacial score (nSPS) is 18.6. The largest absolute Gasteiger partial charge is 0.372 e. The second kappa shape index (κ2) is 5.90. The second-order valence-corrected chi connectivity index (χ2v) is 4.37. The molecule has 1 fully saturated rings. The fraction of sp³-hybridized carbons (Fsp3) is 0.571. The van der Waals surface area contributed by atoms with Crippen LogP contribution in [-0.2, 0) is 4.74 Å². The van der Waals surface area contributed by atoms with Crippen LogP contribution < -0.4 is 4.90 Å². The molecule has 16 heavy (non-hydrogen) atoms. The van der Waals surface area contributed by atoms with Gasteiger partial charge in [0, 0.05) is 18.8 Å². The third-order valence-corrected chi connectivity index (χ3v) is 2.55. The fourth-order valence-corrected chi connectivity index (χ4v) is 1.88. The Kier molecular flexibility index (Phi) is 4.81. The summed E-state index contributed by atoms with van der Waals surface area (Å²) in [5.41, 5.74) is 1.28. The Hall–Kier alpha value is -1.02. The highest BCUT2D eigenvalue weighted by Crippen LogP contribution is 2.22. The van der Waals surface area contributed by atoms with E-state index >= 15 is 0 Å². The molecule has 0 bridgehead atoms. The first-order valence-electron chi connectivity index (χ1n) is 6.11. The summed E-state index contributed by atoms with van der Waals surface area (Å²) < 4.78 is 5.68. The topological polar surface area (TPSA) is 12.5 Å². The molecule has 1 aliphatic rings. The van der Waals surface area contributed by atoms with E-state index in [4.69, 9.17) is 4.74 Å². The molecule has 0 radical (unpaired) electrons. The molecule has 0 N–H and O–H groups in total. The van der Waals surface area contributed by atoms with Crippen LogP contribution in [-0.4, -0.2) is 25.3 Å². The van der Waals surface area contributed by atoms with E-state index in [-0.39, 0.29) is 5.60 Å². The molecule has 2 rings (SSSR count). The van der Waals surface area contributed by atoms with Gasteiger partial charge in [0.25, 0.3) is 0 Å². The van der Waals surface area contributed by atoms with Gasteiger partial charge in [0.1, 0.15) is 0 Å². The molecule has 1 aliphatic heterocycles. The van der Waals surface area contributed by atoms with Crippen LogP contribution in [0.2, 0.25) is 0 Å². The van der Waals surface area contributed by atoms with E-state index in [1.54, 1.807) is 0 Å². The lowest BCUT2D eigenvalue weighted by atomic mass is 10.1. The molecule has 0 aliphatic carbocycles. The van der Waals surface area contributed by atoms with Crippen LogP contribution in [0.1, 0.15) is 27.7 Å². The number of ether oxygens (including phenoxy) is 1. The zero-order valence-corrected chi connectivity index (χ0v) is 10.9. The summed E-state index contributed by atoms with van der Waals surface area (Å²) in [6, 6.07) is 10.5. The van der Waals surface area contributed by atoms with Crippen LogP contribution >= 0.6 is 0 Å². The molecule has 1 saturated heterocycles. The summed E-state index contributed by atoms with van der Waals surface area (Å²) in [5, 5.41) is 0.